The second-order valence-electron chi connectivity index (χ2n) is 6.97. The molecule has 3 rings (SSSR count). The van der Waals surface area contributed by atoms with E-state index in [1.54, 1.807) is 29.2 Å². The van der Waals surface area contributed by atoms with E-state index in [9.17, 15) is 14.4 Å². The van der Waals surface area contributed by atoms with Crippen LogP contribution in [0.1, 0.15) is 33.7 Å². The molecule has 1 aromatic heterocycles. The molecule has 0 saturated carbocycles. The Bertz CT molecular complexity index is 943. The van der Waals surface area contributed by atoms with Gasteiger partial charge in [-0.3, -0.25) is 14.4 Å². The van der Waals surface area contributed by atoms with Crippen molar-refractivity contribution in [1.82, 2.24) is 20.2 Å². The van der Waals surface area contributed by atoms with Crippen molar-refractivity contribution >= 4 is 23.5 Å². The van der Waals surface area contributed by atoms with Crippen LogP contribution in [-0.4, -0.2) is 72.5 Å². The molecule has 1 aliphatic heterocycles. The molecule has 0 bridgehead atoms. The van der Waals surface area contributed by atoms with Gasteiger partial charge in [-0.05, 0) is 25.0 Å². The molecule has 0 radical (unpaired) electrons. The molecule has 164 valence electrons. The summed E-state index contributed by atoms with van der Waals surface area (Å²) in [5, 5.41) is 5.55. The molecule has 2 heterocycles. The van der Waals surface area contributed by atoms with Gasteiger partial charge in [0.2, 0.25) is 5.91 Å². The van der Waals surface area contributed by atoms with E-state index >= 15 is 0 Å². The molecule has 10 heteroatoms. The Morgan fingerprint density at radius 1 is 1.06 bits per heavy atom. The van der Waals surface area contributed by atoms with Crippen molar-refractivity contribution in [3.63, 3.8) is 0 Å². The number of piperidine rings is 1. The molecule has 1 saturated heterocycles. The van der Waals surface area contributed by atoms with Crippen LogP contribution < -0.4 is 15.4 Å². The minimum atomic E-state index is -0.461. The molecule has 1 aromatic carbocycles. The number of hydrogen-bond acceptors (Lipinski definition) is 7. The Labute approximate surface area is 180 Å². The van der Waals surface area contributed by atoms with E-state index in [-0.39, 0.29) is 30.1 Å². The van der Waals surface area contributed by atoms with E-state index in [0.717, 1.165) is 0 Å². The van der Waals surface area contributed by atoms with Crippen LogP contribution in [0.15, 0.2) is 36.7 Å². The first-order valence-corrected chi connectivity index (χ1v) is 9.86. The van der Waals surface area contributed by atoms with Gasteiger partial charge in [0.1, 0.15) is 12.4 Å². The number of anilines is 1. The molecule has 2 aromatic rings. The van der Waals surface area contributed by atoms with E-state index in [2.05, 4.69) is 20.6 Å². The quantitative estimate of drug-likeness (QED) is 0.678. The van der Waals surface area contributed by atoms with Crippen molar-refractivity contribution in [2.75, 3.05) is 39.2 Å². The lowest BCUT2D eigenvalue weighted by Gasteiger charge is -2.32. The molecular weight excluding hydrogens is 402 g/mol. The summed E-state index contributed by atoms with van der Waals surface area (Å²) in [6, 6.07) is 6.64. The van der Waals surface area contributed by atoms with Crippen LogP contribution in [0.2, 0.25) is 0 Å². The highest BCUT2D eigenvalue weighted by Crippen LogP contribution is 2.20. The predicted octanol–water partition coefficient (Wildman–Crippen LogP) is 1.10. The largest absolute Gasteiger partial charge is 0.496 e. The Morgan fingerprint density at radius 2 is 1.77 bits per heavy atom. The van der Waals surface area contributed by atoms with E-state index in [4.69, 9.17) is 9.47 Å². The van der Waals surface area contributed by atoms with Crippen LogP contribution in [0, 0.1) is 0 Å². The van der Waals surface area contributed by atoms with Gasteiger partial charge >= 0.3 is 0 Å². The number of aromatic nitrogens is 2. The number of nitrogens with one attached hydrogen (secondary N) is 2. The normalized spacial score (nSPS) is 14.1. The Kier molecular flexibility index (Phi) is 7.50. The fraction of sp³-hybridized carbons (Fsp3) is 0.381. The predicted molar refractivity (Wildman–Crippen MR) is 112 cm³/mol. The van der Waals surface area contributed by atoms with Gasteiger partial charge in [-0.2, -0.15) is 0 Å². The van der Waals surface area contributed by atoms with Crippen LogP contribution in [0.5, 0.6) is 5.75 Å². The van der Waals surface area contributed by atoms with Crippen LogP contribution >= 0.6 is 0 Å². The molecule has 3 amide bonds. The first-order chi connectivity index (χ1) is 15.0. The maximum atomic E-state index is 12.8. The van der Waals surface area contributed by atoms with Crippen LogP contribution in [-0.2, 0) is 9.53 Å². The Balaban J connectivity index is 1.64. The molecular formula is C21H25N5O5. The standard InChI is InChI=1S/C21H25N5O5/c1-30-13-17(27)26-11-7-14(8-12-26)24-21(29)18-19(23-10-9-22-18)25-20(28)15-5-3-4-6-16(15)31-2/h3-6,9-10,14H,7-8,11-13H2,1-2H3,(H,24,29)(H,23,25,28). The van der Waals surface area contributed by atoms with Crippen molar-refractivity contribution < 1.29 is 23.9 Å². The number of methoxy groups -OCH3 is 2. The fourth-order valence-electron chi connectivity index (χ4n) is 3.34. The summed E-state index contributed by atoms with van der Waals surface area (Å²) in [6.07, 6.45) is 4.02. The second-order valence-corrected chi connectivity index (χ2v) is 6.97. The zero-order valence-corrected chi connectivity index (χ0v) is 17.5. The summed E-state index contributed by atoms with van der Waals surface area (Å²) >= 11 is 0. The van der Waals surface area contributed by atoms with Gasteiger partial charge in [0.05, 0.1) is 12.7 Å². The van der Waals surface area contributed by atoms with Gasteiger partial charge in [0, 0.05) is 38.6 Å². The molecule has 0 atom stereocenters. The number of carbonyl (C=O) groups excluding carboxylic acids is 3. The lowest BCUT2D eigenvalue weighted by atomic mass is 10.0. The molecule has 10 nitrogen and oxygen atoms in total. The summed E-state index contributed by atoms with van der Waals surface area (Å²) < 4.78 is 10.1. The summed E-state index contributed by atoms with van der Waals surface area (Å²) in [5.74, 6) is -0.502. The third-order valence-electron chi connectivity index (χ3n) is 4.95. The lowest BCUT2D eigenvalue weighted by molar-refractivity contribution is -0.136. The minimum Gasteiger partial charge on any atom is -0.496 e. The summed E-state index contributed by atoms with van der Waals surface area (Å²) in [6.45, 7) is 1.11. The molecule has 0 spiro atoms. The monoisotopic (exact) mass is 427 g/mol. The van der Waals surface area contributed by atoms with Crippen molar-refractivity contribution in [2.24, 2.45) is 0 Å². The Hall–Kier alpha value is -3.53. The minimum absolute atomic E-state index is 0.0173. The van der Waals surface area contributed by atoms with Crippen LogP contribution in [0.25, 0.3) is 0 Å². The highest BCUT2D eigenvalue weighted by molar-refractivity contribution is 6.08. The zero-order valence-electron chi connectivity index (χ0n) is 17.5. The maximum Gasteiger partial charge on any atom is 0.273 e. The number of benzene rings is 1. The number of ether oxygens (including phenoxy) is 2. The summed E-state index contributed by atoms with van der Waals surface area (Å²) in [4.78, 5) is 47.3. The van der Waals surface area contributed by atoms with Crippen molar-refractivity contribution in [3.05, 3.63) is 47.9 Å². The number of para-hydroxylation sites is 1. The molecule has 0 unspecified atom stereocenters. The van der Waals surface area contributed by atoms with Gasteiger partial charge in [-0.15, -0.1) is 0 Å². The van der Waals surface area contributed by atoms with E-state index in [1.165, 1.54) is 26.6 Å². The topological polar surface area (TPSA) is 123 Å². The Morgan fingerprint density at radius 3 is 2.48 bits per heavy atom. The van der Waals surface area contributed by atoms with Gasteiger partial charge in [-0.25, -0.2) is 9.97 Å². The first-order valence-electron chi connectivity index (χ1n) is 9.86. The highest BCUT2D eigenvalue weighted by Gasteiger charge is 2.26. The van der Waals surface area contributed by atoms with Crippen LogP contribution in [0.3, 0.4) is 0 Å². The average molecular weight is 427 g/mol. The number of carbonyl (C=O) groups is 3. The highest BCUT2D eigenvalue weighted by atomic mass is 16.5. The third kappa shape index (κ3) is 5.54. The zero-order chi connectivity index (χ0) is 22.2. The number of nitrogens with zero attached hydrogens (tertiary/aromatic N) is 3. The fourth-order valence-corrected chi connectivity index (χ4v) is 3.34. The average Bonchev–Trinajstić information content (AvgIpc) is 2.80. The van der Waals surface area contributed by atoms with Crippen molar-refractivity contribution in [2.45, 2.75) is 18.9 Å². The van der Waals surface area contributed by atoms with Crippen LogP contribution in [0.4, 0.5) is 5.82 Å². The van der Waals surface area contributed by atoms with Gasteiger partial charge in [0.15, 0.2) is 11.5 Å². The first kappa shape index (κ1) is 22.2. The molecule has 0 aliphatic carbocycles. The van der Waals surface area contributed by atoms with E-state index in [0.29, 0.717) is 37.2 Å². The maximum absolute atomic E-state index is 12.8. The van der Waals surface area contributed by atoms with Crippen molar-refractivity contribution in [3.8, 4) is 5.75 Å². The molecule has 2 N–H and O–H groups in total. The van der Waals surface area contributed by atoms with Crippen molar-refractivity contribution in [1.29, 1.82) is 0 Å². The number of amides is 3. The summed E-state index contributed by atoms with van der Waals surface area (Å²) in [7, 11) is 2.96. The smallest absolute Gasteiger partial charge is 0.273 e. The van der Waals surface area contributed by atoms with E-state index in [1.807, 2.05) is 0 Å². The number of likely N-dealkylation sites (tertiary alicyclic amines) is 1. The lowest BCUT2D eigenvalue weighted by Crippen LogP contribution is -2.47. The number of rotatable bonds is 7. The SMILES string of the molecule is COCC(=O)N1CCC(NC(=O)c2nccnc2NC(=O)c2ccccc2OC)CC1. The number of hydrogen-bond donors (Lipinski definition) is 2. The molecule has 1 fully saturated rings. The van der Waals surface area contributed by atoms with Gasteiger partial charge < -0.3 is 25.0 Å². The second kappa shape index (κ2) is 10.5. The molecule has 1 aliphatic rings. The summed E-state index contributed by atoms with van der Waals surface area (Å²) in [5.41, 5.74) is 0.332. The van der Waals surface area contributed by atoms with E-state index < -0.39 is 11.8 Å². The molecule has 31 heavy (non-hydrogen) atoms. The van der Waals surface area contributed by atoms with Gasteiger partial charge in [-0.1, -0.05) is 12.1 Å². The van der Waals surface area contributed by atoms with Gasteiger partial charge in [0.25, 0.3) is 11.8 Å². The third-order valence-corrected chi connectivity index (χ3v) is 4.95.